The lowest BCUT2D eigenvalue weighted by Crippen LogP contribution is -2.41. The first-order valence-electron chi connectivity index (χ1n) is 5.42. The summed E-state index contributed by atoms with van der Waals surface area (Å²) in [6, 6.07) is 0. The monoisotopic (exact) mass is 238 g/mol. The summed E-state index contributed by atoms with van der Waals surface area (Å²) >= 11 is 0. The molecule has 0 saturated carbocycles. The number of hydrogen-bond donors (Lipinski definition) is 0. The number of halogens is 2. The summed E-state index contributed by atoms with van der Waals surface area (Å²) in [4.78, 5) is 11.9. The van der Waals surface area contributed by atoms with Crippen molar-refractivity contribution in [3.8, 4) is 0 Å². The molecule has 0 fully saturated rings. The third-order valence-corrected chi connectivity index (χ3v) is 3.09. The molecule has 2 atom stereocenters. The van der Waals surface area contributed by atoms with Crippen molar-refractivity contribution >= 4 is 5.78 Å². The van der Waals surface area contributed by atoms with Gasteiger partial charge in [0.2, 0.25) is 0 Å². The summed E-state index contributed by atoms with van der Waals surface area (Å²) in [6.45, 7) is 10.1. The molecule has 0 aromatic heterocycles. The van der Waals surface area contributed by atoms with Gasteiger partial charge in [0.25, 0.3) is 5.92 Å². The van der Waals surface area contributed by atoms with Crippen molar-refractivity contribution in [1.29, 1.82) is 0 Å². The number of alkyl halides is 2. The van der Waals surface area contributed by atoms with Crippen LogP contribution in [0.15, 0.2) is 42.2 Å². The fourth-order valence-corrected chi connectivity index (χ4v) is 2.12. The van der Waals surface area contributed by atoms with Crippen molar-refractivity contribution in [3.05, 3.63) is 42.2 Å². The molecule has 1 aliphatic carbocycles. The van der Waals surface area contributed by atoms with E-state index in [9.17, 15) is 13.6 Å². The van der Waals surface area contributed by atoms with Gasteiger partial charge in [-0.3, -0.25) is 4.79 Å². The van der Waals surface area contributed by atoms with Crippen LogP contribution in [0.3, 0.4) is 0 Å². The van der Waals surface area contributed by atoms with E-state index in [4.69, 9.17) is 0 Å². The van der Waals surface area contributed by atoms with Crippen molar-refractivity contribution in [2.75, 3.05) is 0 Å². The number of hydrogen-bond acceptors (Lipinski definition) is 1. The lowest BCUT2D eigenvalue weighted by Gasteiger charge is -2.33. The minimum absolute atomic E-state index is 0.393. The second-order valence-electron chi connectivity index (χ2n) is 4.44. The van der Waals surface area contributed by atoms with Crippen LogP contribution >= 0.6 is 0 Å². The van der Waals surface area contributed by atoms with Crippen LogP contribution in [0.25, 0.3) is 0 Å². The predicted octanol–water partition coefficient (Wildman–Crippen LogP) is 3.69. The molecule has 0 unspecified atom stereocenters. The molecule has 0 aromatic rings. The van der Waals surface area contributed by atoms with Crippen LogP contribution in [0.1, 0.15) is 20.3 Å². The summed E-state index contributed by atoms with van der Waals surface area (Å²) in [5.74, 6) is -5.64. The molecule has 1 aliphatic rings. The molecular weight excluding hydrogens is 222 g/mol. The number of allylic oxidation sites excluding steroid dienone is 4. The Balaban J connectivity index is 3.23. The molecule has 1 nitrogen and oxygen atoms in total. The fraction of sp³-hybridized carbons (Fsp3) is 0.429. The van der Waals surface area contributed by atoms with Crippen LogP contribution in [0.4, 0.5) is 8.78 Å². The summed E-state index contributed by atoms with van der Waals surface area (Å²) in [5.41, 5.74) is 3.07. The van der Waals surface area contributed by atoms with E-state index in [1.807, 2.05) is 0 Å². The molecule has 92 valence electrons. The van der Waals surface area contributed by atoms with E-state index >= 15 is 0 Å². The van der Waals surface area contributed by atoms with E-state index in [1.165, 1.54) is 0 Å². The Morgan fingerprint density at radius 3 is 2.71 bits per heavy atom. The molecule has 0 aliphatic heterocycles. The van der Waals surface area contributed by atoms with Gasteiger partial charge < -0.3 is 0 Å². The maximum absolute atomic E-state index is 13.9. The SMILES string of the molecule is C=C=CC(F)(F)[C@@H]1C(=O)C(C)=CC[C@H]1C(=C)C. The molecule has 0 aromatic carbocycles. The van der Waals surface area contributed by atoms with Gasteiger partial charge in [0.05, 0.1) is 5.92 Å². The number of ketones is 1. The van der Waals surface area contributed by atoms with E-state index in [1.54, 1.807) is 19.9 Å². The summed E-state index contributed by atoms with van der Waals surface area (Å²) < 4.78 is 27.8. The highest BCUT2D eigenvalue weighted by Gasteiger charge is 2.48. The first-order chi connectivity index (χ1) is 7.81. The molecule has 1 rings (SSSR count). The van der Waals surface area contributed by atoms with Crippen LogP contribution in [-0.2, 0) is 4.79 Å². The van der Waals surface area contributed by atoms with Gasteiger partial charge in [-0.05, 0) is 31.8 Å². The highest BCUT2D eigenvalue weighted by atomic mass is 19.3. The largest absolute Gasteiger partial charge is 0.294 e. The number of carbonyl (C=O) groups excluding carboxylic acids is 1. The Morgan fingerprint density at radius 1 is 1.65 bits per heavy atom. The van der Waals surface area contributed by atoms with E-state index < -0.39 is 23.5 Å². The fourth-order valence-electron chi connectivity index (χ4n) is 2.12. The molecule has 0 spiro atoms. The topological polar surface area (TPSA) is 17.1 Å². The lowest BCUT2D eigenvalue weighted by molar-refractivity contribution is -0.132. The Kier molecular flexibility index (Phi) is 3.84. The Labute approximate surface area is 100 Å². The smallest absolute Gasteiger partial charge is 0.284 e. The molecule has 3 heteroatoms. The zero-order valence-corrected chi connectivity index (χ0v) is 10.1. The van der Waals surface area contributed by atoms with Gasteiger partial charge in [-0.15, -0.1) is 5.73 Å². The lowest BCUT2D eigenvalue weighted by atomic mass is 9.72. The van der Waals surface area contributed by atoms with Crippen LogP contribution in [0, 0.1) is 11.8 Å². The summed E-state index contributed by atoms with van der Waals surface area (Å²) in [6.07, 6.45) is 2.70. The minimum Gasteiger partial charge on any atom is -0.294 e. The molecule has 0 saturated heterocycles. The Bertz CT molecular complexity index is 426. The Morgan fingerprint density at radius 2 is 2.24 bits per heavy atom. The van der Waals surface area contributed by atoms with Crippen molar-refractivity contribution in [3.63, 3.8) is 0 Å². The second-order valence-corrected chi connectivity index (χ2v) is 4.44. The molecule has 0 heterocycles. The van der Waals surface area contributed by atoms with E-state index in [-0.39, 0.29) is 0 Å². The minimum atomic E-state index is -3.22. The Hall–Kier alpha value is -1.47. The van der Waals surface area contributed by atoms with Crippen molar-refractivity contribution in [1.82, 2.24) is 0 Å². The molecule has 17 heavy (non-hydrogen) atoms. The van der Waals surface area contributed by atoms with Crippen molar-refractivity contribution in [2.24, 2.45) is 11.8 Å². The van der Waals surface area contributed by atoms with Gasteiger partial charge >= 0.3 is 0 Å². The molecule has 0 amide bonds. The van der Waals surface area contributed by atoms with Crippen LogP contribution < -0.4 is 0 Å². The van der Waals surface area contributed by atoms with Crippen molar-refractivity contribution < 1.29 is 13.6 Å². The van der Waals surface area contributed by atoms with E-state index in [0.29, 0.717) is 23.6 Å². The quantitative estimate of drug-likeness (QED) is 0.541. The average Bonchev–Trinajstić information content (AvgIpc) is 2.20. The second kappa shape index (κ2) is 4.80. The number of rotatable bonds is 3. The summed E-state index contributed by atoms with van der Waals surface area (Å²) in [7, 11) is 0. The van der Waals surface area contributed by atoms with Gasteiger partial charge in [0.15, 0.2) is 5.78 Å². The molecule has 0 bridgehead atoms. The maximum atomic E-state index is 13.9. The highest BCUT2D eigenvalue weighted by molar-refractivity contribution is 5.98. The maximum Gasteiger partial charge on any atom is 0.284 e. The first kappa shape index (κ1) is 13.6. The van der Waals surface area contributed by atoms with Crippen LogP contribution in [0.5, 0.6) is 0 Å². The van der Waals surface area contributed by atoms with Gasteiger partial charge in [-0.1, -0.05) is 24.8 Å². The van der Waals surface area contributed by atoms with Crippen LogP contribution in [-0.4, -0.2) is 11.7 Å². The van der Waals surface area contributed by atoms with Gasteiger partial charge in [-0.2, -0.15) is 0 Å². The van der Waals surface area contributed by atoms with Crippen LogP contribution in [0.2, 0.25) is 0 Å². The zero-order valence-electron chi connectivity index (χ0n) is 10.1. The van der Waals surface area contributed by atoms with Gasteiger partial charge in [0.1, 0.15) is 0 Å². The van der Waals surface area contributed by atoms with E-state index in [2.05, 4.69) is 18.9 Å². The predicted molar refractivity (Wildman–Crippen MR) is 63.8 cm³/mol. The van der Waals surface area contributed by atoms with Gasteiger partial charge in [0, 0.05) is 6.08 Å². The standard InChI is InChI=1S/C14H16F2O/c1-5-8-14(15,16)12-11(9(2)3)7-6-10(4)13(12)17/h6,8,11-12H,1-2,7H2,3-4H3/t11-,12-/m0/s1. The van der Waals surface area contributed by atoms with E-state index in [0.717, 1.165) is 0 Å². The normalized spacial score (nSPS) is 24.9. The highest BCUT2D eigenvalue weighted by Crippen LogP contribution is 2.41. The molecular formula is C14H16F2O. The molecule has 0 N–H and O–H groups in total. The average molecular weight is 238 g/mol. The first-order valence-corrected chi connectivity index (χ1v) is 5.42. The van der Waals surface area contributed by atoms with Crippen molar-refractivity contribution in [2.45, 2.75) is 26.2 Å². The number of Topliss-reactive ketones (excluding diaryl/α,β-unsaturated/α-hetero) is 1. The third-order valence-electron chi connectivity index (χ3n) is 3.09. The summed E-state index contributed by atoms with van der Waals surface area (Å²) in [5, 5.41) is 0. The molecule has 0 radical (unpaired) electrons. The number of carbonyl (C=O) groups is 1. The zero-order chi connectivity index (χ0) is 13.2. The third kappa shape index (κ3) is 2.62. The van der Waals surface area contributed by atoms with Gasteiger partial charge in [-0.25, -0.2) is 8.78 Å².